The molecule has 0 unspecified atom stereocenters. The van der Waals surface area contributed by atoms with Gasteiger partial charge in [-0.3, -0.25) is 4.57 Å². The summed E-state index contributed by atoms with van der Waals surface area (Å²) in [5, 5.41) is 7.66. The molecule has 0 bridgehead atoms. The number of aromatic nitrogens is 5. The molecule has 5 rings (SSSR count). The highest BCUT2D eigenvalue weighted by atomic mass is 32.1. The van der Waals surface area contributed by atoms with Crippen LogP contribution >= 0.6 is 11.3 Å². The summed E-state index contributed by atoms with van der Waals surface area (Å²) in [5.41, 5.74) is 4.98. The first-order chi connectivity index (χ1) is 13.2. The Morgan fingerprint density at radius 3 is 2.74 bits per heavy atom. The van der Waals surface area contributed by atoms with Crippen LogP contribution in [0.2, 0.25) is 0 Å². The van der Waals surface area contributed by atoms with Gasteiger partial charge in [0.05, 0.1) is 23.1 Å². The van der Waals surface area contributed by atoms with Gasteiger partial charge in [-0.15, -0.1) is 16.4 Å². The van der Waals surface area contributed by atoms with Crippen molar-refractivity contribution < 1.29 is 4.74 Å². The number of benzene rings is 1. The van der Waals surface area contributed by atoms with Gasteiger partial charge in [0, 0.05) is 11.8 Å². The van der Waals surface area contributed by atoms with Gasteiger partial charge >= 0.3 is 0 Å². The second-order valence-corrected chi connectivity index (χ2v) is 7.32. The standard InChI is InChI=1S/C20H17N5OS/c1-12-13(2)25(14-6-4-7-15(10-14)26-3)19-17(12)20-22-18(16-8-5-9-27-16)23-24(20)11-21-19/h4-11H,1-3H3. The molecule has 5 aromatic rings. The van der Waals surface area contributed by atoms with Gasteiger partial charge in [0.1, 0.15) is 12.1 Å². The molecule has 0 spiro atoms. The molecule has 4 heterocycles. The van der Waals surface area contributed by atoms with Crippen molar-refractivity contribution in [2.75, 3.05) is 7.11 Å². The molecule has 0 aliphatic carbocycles. The van der Waals surface area contributed by atoms with E-state index in [1.165, 1.54) is 0 Å². The number of hydrogen-bond donors (Lipinski definition) is 0. The second-order valence-electron chi connectivity index (χ2n) is 6.37. The van der Waals surface area contributed by atoms with Gasteiger partial charge in [-0.2, -0.15) is 0 Å². The third-order valence-electron chi connectivity index (χ3n) is 4.89. The first kappa shape index (κ1) is 16.0. The van der Waals surface area contributed by atoms with E-state index in [1.807, 2.05) is 35.7 Å². The highest BCUT2D eigenvalue weighted by Crippen LogP contribution is 2.32. The first-order valence-electron chi connectivity index (χ1n) is 8.58. The summed E-state index contributed by atoms with van der Waals surface area (Å²) in [7, 11) is 1.68. The molecule has 7 heteroatoms. The van der Waals surface area contributed by atoms with E-state index < -0.39 is 0 Å². The SMILES string of the molecule is COc1cccc(-n2c(C)c(C)c3c2ncn2nc(-c4cccs4)nc32)c1. The zero-order valence-corrected chi connectivity index (χ0v) is 16.0. The maximum atomic E-state index is 5.39. The zero-order chi connectivity index (χ0) is 18.5. The molecule has 6 nitrogen and oxygen atoms in total. The molecule has 0 saturated carbocycles. The molecule has 0 saturated heterocycles. The van der Waals surface area contributed by atoms with Crippen molar-refractivity contribution in [3.63, 3.8) is 0 Å². The Bertz CT molecular complexity index is 1280. The van der Waals surface area contributed by atoms with E-state index in [0.29, 0.717) is 0 Å². The maximum Gasteiger partial charge on any atom is 0.192 e. The highest BCUT2D eigenvalue weighted by Gasteiger charge is 2.19. The Balaban J connectivity index is 1.81. The minimum atomic E-state index is 0.727. The van der Waals surface area contributed by atoms with Crippen molar-refractivity contribution in [1.29, 1.82) is 0 Å². The summed E-state index contributed by atoms with van der Waals surface area (Å²) in [5.74, 6) is 1.54. The van der Waals surface area contributed by atoms with E-state index in [-0.39, 0.29) is 0 Å². The second kappa shape index (κ2) is 5.92. The molecule has 0 aliphatic heterocycles. The van der Waals surface area contributed by atoms with E-state index in [1.54, 1.807) is 29.3 Å². The van der Waals surface area contributed by atoms with Crippen molar-refractivity contribution >= 4 is 28.0 Å². The molecular formula is C20H17N5OS. The average Bonchev–Trinajstić information content (AvgIpc) is 3.40. The molecular weight excluding hydrogens is 358 g/mol. The van der Waals surface area contributed by atoms with Crippen LogP contribution in [0.15, 0.2) is 48.1 Å². The fourth-order valence-electron chi connectivity index (χ4n) is 3.44. The van der Waals surface area contributed by atoms with Crippen LogP contribution in [0.25, 0.3) is 33.1 Å². The van der Waals surface area contributed by atoms with Crippen LogP contribution < -0.4 is 4.74 Å². The fraction of sp³-hybridized carbons (Fsp3) is 0.150. The van der Waals surface area contributed by atoms with Gasteiger partial charge in [0.25, 0.3) is 0 Å². The monoisotopic (exact) mass is 375 g/mol. The van der Waals surface area contributed by atoms with Crippen molar-refractivity contribution in [1.82, 2.24) is 24.1 Å². The summed E-state index contributed by atoms with van der Waals surface area (Å²) in [4.78, 5) is 10.6. The quantitative estimate of drug-likeness (QED) is 0.468. The summed E-state index contributed by atoms with van der Waals surface area (Å²) in [6, 6.07) is 12.0. The molecule has 0 radical (unpaired) electrons. The normalized spacial score (nSPS) is 11.5. The van der Waals surface area contributed by atoms with E-state index in [0.717, 1.165) is 50.1 Å². The van der Waals surface area contributed by atoms with Gasteiger partial charge in [0.2, 0.25) is 0 Å². The summed E-state index contributed by atoms with van der Waals surface area (Å²) in [6.45, 7) is 4.21. The van der Waals surface area contributed by atoms with Crippen molar-refractivity contribution in [2.24, 2.45) is 0 Å². The Hall–Kier alpha value is -3.19. The molecule has 0 amide bonds. The lowest BCUT2D eigenvalue weighted by atomic mass is 10.2. The molecule has 27 heavy (non-hydrogen) atoms. The van der Waals surface area contributed by atoms with Crippen LogP contribution in [0.4, 0.5) is 0 Å². The van der Waals surface area contributed by atoms with Crippen LogP contribution in [-0.2, 0) is 0 Å². The number of fused-ring (bicyclic) bond motifs is 3. The van der Waals surface area contributed by atoms with E-state index in [2.05, 4.69) is 29.6 Å². The molecule has 4 aromatic heterocycles. The van der Waals surface area contributed by atoms with Crippen molar-refractivity contribution in [2.45, 2.75) is 13.8 Å². The number of rotatable bonds is 3. The summed E-state index contributed by atoms with van der Waals surface area (Å²) >= 11 is 1.63. The summed E-state index contributed by atoms with van der Waals surface area (Å²) < 4.78 is 9.30. The van der Waals surface area contributed by atoms with Gasteiger partial charge in [-0.25, -0.2) is 14.5 Å². The lowest BCUT2D eigenvalue weighted by Gasteiger charge is -2.09. The Morgan fingerprint density at radius 2 is 1.96 bits per heavy atom. The molecule has 0 atom stereocenters. The van der Waals surface area contributed by atoms with Gasteiger partial charge in [-0.1, -0.05) is 12.1 Å². The summed E-state index contributed by atoms with van der Waals surface area (Å²) in [6.07, 6.45) is 1.73. The van der Waals surface area contributed by atoms with E-state index >= 15 is 0 Å². The molecule has 0 aliphatic rings. The maximum absolute atomic E-state index is 5.39. The van der Waals surface area contributed by atoms with Crippen molar-refractivity contribution in [3.05, 3.63) is 59.4 Å². The largest absolute Gasteiger partial charge is 0.497 e. The first-order valence-corrected chi connectivity index (χ1v) is 9.46. The molecule has 0 N–H and O–H groups in total. The number of methoxy groups -OCH3 is 1. The van der Waals surface area contributed by atoms with E-state index in [4.69, 9.17) is 14.7 Å². The minimum Gasteiger partial charge on any atom is -0.497 e. The Morgan fingerprint density at radius 1 is 1.07 bits per heavy atom. The predicted molar refractivity (Wildman–Crippen MR) is 107 cm³/mol. The molecule has 1 aromatic carbocycles. The Labute approximate surface area is 159 Å². The highest BCUT2D eigenvalue weighted by molar-refractivity contribution is 7.13. The number of aryl methyl sites for hydroxylation is 1. The lowest BCUT2D eigenvalue weighted by molar-refractivity contribution is 0.414. The smallest absolute Gasteiger partial charge is 0.192 e. The van der Waals surface area contributed by atoms with Crippen molar-refractivity contribution in [3.8, 4) is 22.1 Å². The minimum absolute atomic E-state index is 0.727. The molecule has 0 fully saturated rings. The van der Waals surface area contributed by atoms with Gasteiger partial charge in [-0.05, 0) is 43.0 Å². The third-order valence-corrected chi connectivity index (χ3v) is 5.75. The van der Waals surface area contributed by atoms with Gasteiger partial charge in [0.15, 0.2) is 17.1 Å². The van der Waals surface area contributed by atoms with Crippen LogP contribution in [0.1, 0.15) is 11.3 Å². The topological polar surface area (TPSA) is 57.2 Å². The van der Waals surface area contributed by atoms with Crippen LogP contribution in [0.3, 0.4) is 0 Å². The number of thiophene rings is 1. The van der Waals surface area contributed by atoms with Crippen LogP contribution in [0.5, 0.6) is 5.75 Å². The van der Waals surface area contributed by atoms with Crippen LogP contribution in [-0.4, -0.2) is 31.3 Å². The number of nitrogens with zero attached hydrogens (tertiary/aromatic N) is 5. The van der Waals surface area contributed by atoms with Crippen LogP contribution in [0, 0.1) is 13.8 Å². The number of hydrogen-bond acceptors (Lipinski definition) is 5. The van der Waals surface area contributed by atoms with E-state index in [9.17, 15) is 0 Å². The third kappa shape index (κ3) is 2.35. The predicted octanol–water partition coefficient (Wildman–Crippen LogP) is 4.42. The lowest BCUT2D eigenvalue weighted by Crippen LogP contribution is -1.99. The average molecular weight is 375 g/mol. The fourth-order valence-corrected chi connectivity index (χ4v) is 4.09. The number of ether oxygens (including phenoxy) is 1. The zero-order valence-electron chi connectivity index (χ0n) is 15.2. The Kier molecular flexibility index (Phi) is 3.51. The molecule has 134 valence electrons. The van der Waals surface area contributed by atoms with Gasteiger partial charge < -0.3 is 4.74 Å².